The number of aromatic nitrogens is 3. The number of rotatable bonds is 4. The predicted molar refractivity (Wildman–Crippen MR) is 106 cm³/mol. The Morgan fingerprint density at radius 1 is 1.29 bits per heavy atom. The molecule has 148 valence electrons. The number of nitro benzene ring substituents is 1. The molecule has 4 atom stereocenters. The van der Waals surface area contributed by atoms with Gasteiger partial charge in [0.2, 0.25) is 10.8 Å². The van der Waals surface area contributed by atoms with E-state index >= 15 is 0 Å². The van der Waals surface area contributed by atoms with E-state index in [2.05, 4.69) is 23.9 Å². The highest BCUT2D eigenvalue weighted by Gasteiger charge is 2.37. The zero-order valence-electron chi connectivity index (χ0n) is 16.1. The van der Waals surface area contributed by atoms with E-state index in [1.165, 1.54) is 39.3 Å². The molecule has 3 heterocycles. The van der Waals surface area contributed by atoms with Crippen LogP contribution in [0.2, 0.25) is 0 Å². The van der Waals surface area contributed by atoms with Crippen molar-refractivity contribution in [3.05, 3.63) is 50.6 Å². The van der Waals surface area contributed by atoms with Crippen molar-refractivity contribution in [3.63, 3.8) is 0 Å². The number of nitro groups is 1. The van der Waals surface area contributed by atoms with E-state index in [-0.39, 0.29) is 22.5 Å². The lowest BCUT2D eigenvalue weighted by Gasteiger charge is -2.36. The first-order chi connectivity index (χ1) is 13.3. The Hall–Kier alpha value is -2.52. The molecule has 9 heteroatoms. The zero-order chi connectivity index (χ0) is 20.0. The molecule has 28 heavy (non-hydrogen) atoms. The van der Waals surface area contributed by atoms with Crippen LogP contribution in [0.3, 0.4) is 0 Å². The lowest BCUT2D eigenvalue weighted by molar-refractivity contribution is -0.936. The van der Waals surface area contributed by atoms with Gasteiger partial charge in [0.15, 0.2) is 6.04 Å². The summed E-state index contributed by atoms with van der Waals surface area (Å²) < 4.78 is 1.49. The molecular weight excluding hydrogens is 378 g/mol. The maximum absolute atomic E-state index is 11.1. The number of thiazole rings is 1. The predicted octanol–water partition coefficient (Wildman–Crippen LogP) is 2.36. The molecule has 0 saturated carbocycles. The van der Waals surface area contributed by atoms with Crippen molar-refractivity contribution in [2.75, 3.05) is 13.1 Å². The average molecular weight is 403 g/mol. The van der Waals surface area contributed by atoms with Crippen LogP contribution in [0, 0.1) is 28.9 Å². The van der Waals surface area contributed by atoms with Crippen molar-refractivity contribution in [1.29, 1.82) is 0 Å². The molecular formula is C19H24N5O3S+. The van der Waals surface area contributed by atoms with E-state index in [0.717, 1.165) is 23.5 Å². The molecule has 1 aromatic carbocycles. The maximum Gasteiger partial charge on any atom is 0.269 e. The van der Waals surface area contributed by atoms with Gasteiger partial charge >= 0.3 is 0 Å². The van der Waals surface area contributed by atoms with Crippen molar-refractivity contribution in [1.82, 2.24) is 14.6 Å². The van der Waals surface area contributed by atoms with Gasteiger partial charge in [0, 0.05) is 29.5 Å². The summed E-state index contributed by atoms with van der Waals surface area (Å²) in [6, 6.07) is 6.58. The number of quaternary nitrogens is 1. The zero-order valence-corrected chi connectivity index (χ0v) is 16.9. The summed E-state index contributed by atoms with van der Waals surface area (Å²) in [4.78, 5) is 17.9. The second-order valence-corrected chi connectivity index (χ2v) is 8.95. The highest BCUT2D eigenvalue weighted by Crippen LogP contribution is 2.36. The molecule has 0 bridgehead atoms. The number of benzene rings is 1. The molecule has 0 spiro atoms. The van der Waals surface area contributed by atoms with Gasteiger partial charge in [-0.1, -0.05) is 25.2 Å². The third-order valence-corrected chi connectivity index (χ3v) is 6.52. The number of non-ortho nitro benzene ring substituents is 1. The van der Waals surface area contributed by atoms with Gasteiger partial charge in [-0.3, -0.25) is 10.1 Å². The van der Waals surface area contributed by atoms with Crippen molar-refractivity contribution < 1.29 is 14.9 Å². The lowest BCUT2D eigenvalue weighted by Crippen LogP contribution is -3.14. The number of hydrogen-bond acceptors (Lipinski definition) is 6. The summed E-state index contributed by atoms with van der Waals surface area (Å²) in [5, 5.41) is 26.2. The molecule has 3 aromatic rings. The highest BCUT2D eigenvalue weighted by molar-refractivity contribution is 7.17. The Balaban J connectivity index is 1.81. The highest BCUT2D eigenvalue weighted by atomic mass is 32.1. The number of aromatic hydroxyl groups is 1. The quantitative estimate of drug-likeness (QED) is 0.516. The Bertz CT molecular complexity index is 1000. The monoisotopic (exact) mass is 402 g/mol. The van der Waals surface area contributed by atoms with Gasteiger partial charge in [0.05, 0.1) is 18.0 Å². The minimum Gasteiger partial charge on any atom is -0.492 e. The first kappa shape index (κ1) is 18.8. The topological polar surface area (TPSA) is 98.0 Å². The third-order valence-electron chi connectivity index (χ3n) is 5.44. The SMILES string of the molecule is Cc1nc2sc([C@H](c3ccc([N+](=O)[O-])cc3)[NH+]3C[C@H](C)C[C@H](C)C3)c(O)n2n1. The van der Waals surface area contributed by atoms with Gasteiger partial charge in [0.25, 0.3) is 5.69 Å². The Labute approximate surface area is 166 Å². The van der Waals surface area contributed by atoms with Crippen LogP contribution in [0.25, 0.3) is 4.96 Å². The first-order valence-corrected chi connectivity index (χ1v) is 10.3. The van der Waals surface area contributed by atoms with Crippen LogP contribution in [0.4, 0.5) is 5.69 Å². The first-order valence-electron chi connectivity index (χ1n) is 9.47. The minimum atomic E-state index is -0.389. The van der Waals surface area contributed by atoms with Gasteiger partial charge in [-0.05, 0) is 25.5 Å². The summed E-state index contributed by atoms with van der Waals surface area (Å²) in [5.74, 6) is 1.88. The summed E-state index contributed by atoms with van der Waals surface area (Å²) in [6.07, 6.45) is 1.19. The van der Waals surface area contributed by atoms with E-state index in [1.54, 1.807) is 19.1 Å². The van der Waals surface area contributed by atoms with Crippen molar-refractivity contribution in [3.8, 4) is 5.88 Å². The van der Waals surface area contributed by atoms with Gasteiger partial charge in [-0.2, -0.15) is 4.52 Å². The molecule has 1 aliphatic rings. The van der Waals surface area contributed by atoms with Crippen LogP contribution in [0.5, 0.6) is 5.88 Å². The Kier molecular flexibility index (Phi) is 4.80. The normalized spacial score (nSPS) is 23.8. The number of nitrogens with zero attached hydrogens (tertiary/aromatic N) is 4. The Morgan fingerprint density at radius 3 is 2.50 bits per heavy atom. The fraction of sp³-hybridized carbons (Fsp3) is 0.474. The van der Waals surface area contributed by atoms with Gasteiger partial charge in [-0.25, -0.2) is 4.98 Å². The van der Waals surface area contributed by atoms with Crippen LogP contribution in [0.1, 0.15) is 42.6 Å². The second kappa shape index (κ2) is 7.14. The maximum atomic E-state index is 11.1. The molecule has 4 rings (SSSR count). The number of aryl methyl sites for hydroxylation is 1. The molecule has 0 radical (unpaired) electrons. The molecule has 0 amide bonds. The number of hydrogen-bond donors (Lipinski definition) is 2. The minimum absolute atomic E-state index is 0.0698. The molecule has 2 N–H and O–H groups in total. The average Bonchev–Trinajstić information content (AvgIpc) is 3.13. The number of piperidine rings is 1. The van der Waals surface area contributed by atoms with E-state index in [0.29, 0.717) is 22.6 Å². The van der Waals surface area contributed by atoms with Gasteiger partial charge in [0.1, 0.15) is 10.7 Å². The molecule has 2 aromatic heterocycles. The van der Waals surface area contributed by atoms with Crippen LogP contribution >= 0.6 is 11.3 Å². The lowest BCUT2D eigenvalue weighted by atomic mass is 9.89. The summed E-state index contributed by atoms with van der Waals surface area (Å²) >= 11 is 1.44. The van der Waals surface area contributed by atoms with E-state index in [9.17, 15) is 15.2 Å². The third kappa shape index (κ3) is 3.35. The van der Waals surface area contributed by atoms with Crippen LogP contribution < -0.4 is 4.90 Å². The van der Waals surface area contributed by atoms with E-state index in [4.69, 9.17) is 0 Å². The molecule has 0 aliphatic carbocycles. The smallest absolute Gasteiger partial charge is 0.269 e. The standard InChI is InChI=1S/C19H23N5O3S/c1-11-8-12(2)10-22(9-11)16(14-4-6-15(7-5-14)24(26)27)17-18(25)23-19(28-17)20-13(3)21-23/h4-7,11-12,16,25H,8-10H2,1-3H3/p+1/t11-,12+,16-/m0/s1. The van der Waals surface area contributed by atoms with Gasteiger partial charge < -0.3 is 10.0 Å². The van der Waals surface area contributed by atoms with Crippen molar-refractivity contribution >= 4 is 22.0 Å². The number of fused-ring (bicyclic) bond motifs is 1. The molecule has 1 fully saturated rings. The fourth-order valence-electron chi connectivity index (χ4n) is 4.46. The summed E-state index contributed by atoms with van der Waals surface area (Å²) in [5.41, 5.74) is 1.03. The molecule has 1 saturated heterocycles. The van der Waals surface area contributed by atoms with E-state index in [1.807, 2.05) is 0 Å². The molecule has 8 nitrogen and oxygen atoms in total. The van der Waals surface area contributed by atoms with Crippen molar-refractivity contribution in [2.45, 2.75) is 33.2 Å². The van der Waals surface area contributed by atoms with Crippen molar-refractivity contribution in [2.24, 2.45) is 11.8 Å². The molecule has 1 aliphatic heterocycles. The van der Waals surface area contributed by atoms with Crippen LogP contribution in [0.15, 0.2) is 24.3 Å². The second-order valence-electron chi connectivity index (χ2n) is 7.94. The summed E-state index contributed by atoms with van der Waals surface area (Å²) in [6.45, 7) is 8.28. The van der Waals surface area contributed by atoms with Crippen LogP contribution in [-0.4, -0.2) is 37.7 Å². The largest absolute Gasteiger partial charge is 0.492 e. The van der Waals surface area contributed by atoms with Gasteiger partial charge in [-0.15, -0.1) is 5.10 Å². The fourth-order valence-corrected chi connectivity index (χ4v) is 5.65. The molecule has 1 unspecified atom stereocenters. The van der Waals surface area contributed by atoms with E-state index < -0.39 is 0 Å². The van der Waals surface area contributed by atoms with Crippen LogP contribution in [-0.2, 0) is 0 Å². The number of likely N-dealkylation sites (tertiary alicyclic amines) is 1. The summed E-state index contributed by atoms with van der Waals surface area (Å²) in [7, 11) is 0. The Morgan fingerprint density at radius 2 is 1.93 bits per heavy atom. The number of nitrogens with one attached hydrogen (secondary N) is 1.